The number of methoxy groups -OCH3 is 1. The summed E-state index contributed by atoms with van der Waals surface area (Å²) < 4.78 is 4.97. The number of ether oxygens (including phenoxy) is 1. The molecule has 1 aromatic heterocycles. The molecule has 1 N–H and O–H groups in total. The first-order valence-electron chi connectivity index (χ1n) is 5.40. The van der Waals surface area contributed by atoms with E-state index in [1.165, 1.54) is 11.3 Å². The van der Waals surface area contributed by atoms with Gasteiger partial charge in [0.1, 0.15) is 0 Å². The van der Waals surface area contributed by atoms with Crippen LogP contribution in [0.4, 0.5) is 0 Å². The van der Waals surface area contributed by atoms with Crippen molar-refractivity contribution in [3.63, 3.8) is 0 Å². The zero-order chi connectivity index (χ0) is 10.9. The molecule has 4 heteroatoms. The van der Waals surface area contributed by atoms with E-state index in [4.69, 9.17) is 4.74 Å². The molecular formula is C11H20N2OS. The summed E-state index contributed by atoms with van der Waals surface area (Å²) in [6.45, 7) is 5.09. The average molecular weight is 228 g/mol. The standard InChI is InChI=1S/C11H20N2OS/c1-10(7-12-5-6-14-2)3-4-11-8-13-9-15-11/h8-10,12H,3-7H2,1-2H3. The summed E-state index contributed by atoms with van der Waals surface area (Å²) in [6, 6.07) is 0. The lowest BCUT2D eigenvalue weighted by Crippen LogP contribution is -2.25. The molecule has 3 nitrogen and oxygen atoms in total. The van der Waals surface area contributed by atoms with Crippen LogP contribution in [0.3, 0.4) is 0 Å². The second kappa shape index (κ2) is 7.79. The van der Waals surface area contributed by atoms with Crippen LogP contribution in [0.1, 0.15) is 18.2 Å². The van der Waals surface area contributed by atoms with Gasteiger partial charge in [-0.05, 0) is 25.3 Å². The molecule has 1 unspecified atom stereocenters. The average Bonchev–Trinajstić information content (AvgIpc) is 2.74. The fourth-order valence-corrected chi connectivity index (χ4v) is 1.99. The van der Waals surface area contributed by atoms with E-state index in [1.54, 1.807) is 18.4 Å². The van der Waals surface area contributed by atoms with E-state index in [0.717, 1.165) is 26.1 Å². The van der Waals surface area contributed by atoms with Crippen molar-refractivity contribution in [1.82, 2.24) is 10.3 Å². The van der Waals surface area contributed by atoms with Gasteiger partial charge in [0.15, 0.2) is 0 Å². The van der Waals surface area contributed by atoms with Crippen molar-refractivity contribution in [2.45, 2.75) is 19.8 Å². The minimum atomic E-state index is 0.712. The van der Waals surface area contributed by atoms with Crippen LogP contribution in [0.15, 0.2) is 11.7 Å². The van der Waals surface area contributed by atoms with E-state index >= 15 is 0 Å². The number of aromatic nitrogens is 1. The highest BCUT2D eigenvalue weighted by atomic mass is 32.1. The summed E-state index contributed by atoms with van der Waals surface area (Å²) in [4.78, 5) is 5.46. The van der Waals surface area contributed by atoms with Crippen LogP contribution in [-0.2, 0) is 11.2 Å². The summed E-state index contributed by atoms with van der Waals surface area (Å²) >= 11 is 1.75. The Morgan fingerprint density at radius 2 is 2.47 bits per heavy atom. The van der Waals surface area contributed by atoms with E-state index in [9.17, 15) is 0 Å². The Balaban J connectivity index is 2.01. The van der Waals surface area contributed by atoms with Gasteiger partial charge in [0.2, 0.25) is 0 Å². The number of thiazole rings is 1. The Morgan fingerprint density at radius 3 is 3.13 bits per heavy atom. The number of hydrogen-bond acceptors (Lipinski definition) is 4. The molecule has 0 aliphatic rings. The van der Waals surface area contributed by atoms with Crippen LogP contribution in [-0.4, -0.2) is 31.8 Å². The van der Waals surface area contributed by atoms with Crippen molar-refractivity contribution in [2.24, 2.45) is 5.92 Å². The Labute approximate surface area is 95.9 Å². The van der Waals surface area contributed by atoms with Crippen molar-refractivity contribution in [1.29, 1.82) is 0 Å². The van der Waals surface area contributed by atoms with Gasteiger partial charge in [0, 0.05) is 24.7 Å². The second-order valence-electron chi connectivity index (χ2n) is 3.81. The minimum absolute atomic E-state index is 0.712. The fraction of sp³-hybridized carbons (Fsp3) is 0.727. The van der Waals surface area contributed by atoms with E-state index in [-0.39, 0.29) is 0 Å². The maximum Gasteiger partial charge on any atom is 0.0794 e. The Morgan fingerprint density at radius 1 is 1.60 bits per heavy atom. The summed E-state index contributed by atoms with van der Waals surface area (Å²) in [5.74, 6) is 0.712. The lowest BCUT2D eigenvalue weighted by Gasteiger charge is -2.11. The molecule has 1 aromatic rings. The van der Waals surface area contributed by atoms with Gasteiger partial charge < -0.3 is 10.1 Å². The third-order valence-electron chi connectivity index (χ3n) is 2.34. The summed E-state index contributed by atoms with van der Waals surface area (Å²) in [6.07, 6.45) is 4.34. The molecule has 0 bridgehead atoms. The Kier molecular flexibility index (Phi) is 6.55. The summed E-state index contributed by atoms with van der Waals surface area (Å²) in [7, 11) is 1.73. The smallest absolute Gasteiger partial charge is 0.0794 e. The monoisotopic (exact) mass is 228 g/mol. The maximum absolute atomic E-state index is 4.97. The molecule has 86 valence electrons. The molecule has 0 aromatic carbocycles. The lowest BCUT2D eigenvalue weighted by molar-refractivity contribution is 0.198. The predicted octanol–water partition coefficient (Wildman–Crippen LogP) is 1.95. The quantitative estimate of drug-likeness (QED) is 0.691. The van der Waals surface area contributed by atoms with Crippen molar-refractivity contribution in [2.75, 3.05) is 26.8 Å². The van der Waals surface area contributed by atoms with Crippen LogP contribution in [0.5, 0.6) is 0 Å². The molecule has 15 heavy (non-hydrogen) atoms. The molecule has 1 heterocycles. The molecule has 1 atom stereocenters. The SMILES string of the molecule is COCCNCC(C)CCc1cncs1. The highest BCUT2D eigenvalue weighted by Crippen LogP contribution is 2.12. The summed E-state index contributed by atoms with van der Waals surface area (Å²) in [5.41, 5.74) is 1.90. The highest BCUT2D eigenvalue weighted by molar-refractivity contribution is 7.09. The van der Waals surface area contributed by atoms with Gasteiger partial charge >= 0.3 is 0 Å². The molecular weight excluding hydrogens is 208 g/mol. The summed E-state index contributed by atoms with van der Waals surface area (Å²) in [5, 5.41) is 3.38. The van der Waals surface area contributed by atoms with Crippen molar-refractivity contribution >= 4 is 11.3 Å². The number of nitrogens with zero attached hydrogens (tertiary/aromatic N) is 1. The molecule has 0 saturated heterocycles. The second-order valence-corrected chi connectivity index (χ2v) is 4.78. The van der Waals surface area contributed by atoms with Crippen LogP contribution in [0.25, 0.3) is 0 Å². The van der Waals surface area contributed by atoms with Gasteiger partial charge in [-0.25, -0.2) is 0 Å². The van der Waals surface area contributed by atoms with Gasteiger partial charge in [-0.3, -0.25) is 4.98 Å². The number of hydrogen-bond donors (Lipinski definition) is 1. The molecule has 0 saturated carbocycles. The van der Waals surface area contributed by atoms with Gasteiger partial charge in [0.25, 0.3) is 0 Å². The first kappa shape index (κ1) is 12.6. The molecule has 0 fully saturated rings. The minimum Gasteiger partial charge on any atom is -0.383 e. The third-order valence-corrected chi connectivity index (χ3v) is 3.18. The van der Waals surface area contributed by atoms with Crippen molar-refractivity contribution in [3.05, 3.63) is 16.6 Å². The van der Waals surface area contributed by atoms with Gasteiger partial charge in [-0.1, -0.05) is 6.92 Å². The van der Waals surface area contributed by atoms with E-state index < -0.39 is 0 Å². The van der Waals surface area contributed by atoms with Gasteiger partial charge in [0.05, 0.1) is 12.1 Å². The van der Waals surface area contributed by atoms with Crippen molar-refractivity contribution in [3.8, 4) is 0 Å². The first-order chi connectivity index (χ1) is 7.33. The van der Waals surface area contributed by atoms with Crippen LogP contribution >= 0.6 is 11.3 Å². The van der Waals surface area contributed by atoms with Gasteiger partial charge in [-0.15, -0.1) is 11.3 Å². The zero-order valence-corrected chi connectivity index (χ0v) is 10.3. The molecule has 1 rings (SSSR count). The Hall–Kier alpha value is -0.450. The molecule has 0 radical (unpaired) electrons. The molecule has 0 amide bonds. The van der Waals surface area contributed by atoms with E-state index in [1.807, 2.05) is 11.7 Å². The van der Waals surface area contributed by atoms with Crippen LogP contribution in [0, 0.1) is 5.92 Å². The van der Waals surface area contributed by atoms with Crippen LogP contribution in [0.2, 0.25) is 0 Å². The van der Waals surface area contributed by atoms with E-state index in [2.05, 4.69) is 17.2 Å². The van der Waals surface area contributed by atoms with E-state index in [0.29, 0.717) is 5.92 Å². The molecule has 0 aliphatic heterocycles. The number of rotatable bonds is 8. The maximum atomic E-state index is 4.97. The highest BCUT2D eigenvalue weighted by Gasteiger charge is 2.03. The predicted molar refractivity (Wildman–Crippen MR) is 64.3 cm³/mol. The largest absolute Gasteiger partial charge is 0.383 e. The normalized spacial score (nSPS) is 12.9. The molecule has 0 aliphatic carbocycles. The fourth-order valence-electron chi connectivity index (χ4n) is 1.38. The van der Waals surface area contributed by atoms with Gasteiger partial charge in [-0.2, -0.15) is 0 Å². The van der Waals surface area contributed by atoms with Crippen molar-refractivity contribution < 1.29 is 4.74 Å². The Bertz CT molecular complexity index is 239. The zero-order valence-electron chi connectivity index (χ0n) is 9.53. The molecule has 0 spiro atoms. The lowest BCUT2D eigenvalue weighted by atomic mass is 10.1. The number of nitrogens with one attached hydrogen (secondary N) is 1. The number of aryl methyl sites for hydroxylation is 1. The third kappa shape index (κ3) is 5.87. The first-order valence-corrected chi connectivity index (χ1v) is 6.28. The van der Waals surface area contributed by atoms with Crippen LogP contribution < -0.4 is 5.32 Å². The topological polar surface area (TPSA) is 34.1 Å².